The number of anilines is 1. The molecule has 1 aliphatic rings. The molecular formula is C20H18ClFN2O3S. The predicted octanol–water partition coefficient (Wildman–Crippen LogP) is 4.01. The van der Waals surface area contributed by atoms with Gasteiger partial charge in [0.2, 0.25) is 9.84 Å². The van der Waals surface area contributed by atoms with Gasteiger partial charge in [0, 0.05) is 35.8 Å². The summed E-state index contributed by atoms with van der Waals surface area (Å²) < 4.78 is 46.0. The third-order valence-electron chi connectivity index (χ3n) is 4.84. The third kappa shape index (κ3) is 3.34. The van der Waals surface area contributed by atoms with E-state index in [1.54, 1.807) is 12.1 Å². The van der Waals surface area contributed by atoms with Crippen LogP contribution in [0.5, 0.6) is 0 Å². The molecule has 0 saturated carbocycles. The Morgan fingerprint density at radius 3 is 2.61 bits per heavy atom. The Bertz CT molecular complexity index is 1160. The number of sulfone groups is 1. The highest BCUT2D eigenvalue weighted by Gasteiger charge is 2.28. The number of halogens is 2. The van der Waals surface area contributed by atoms with E-state index in [0.29, 0.717) is 47.9 Å². The smallest absolute Gasteiger partial charge is 0.210 e. The average Bonchev–Trinajstić information content (AvgIpc) is 2.69. The van der Waals surface area contributed by atoms with E-state index in [0.717, 1.165) is 5.56 Å². The normalized spacial score (nSPS) is 15.2. The first-order chi connectivity index (χ1) is 13.4. The van der Waals surface area contributed by atoms with Gasteiger partial charge in [-0.25, -0.2) is 12.8 Å². The molecule has 0 unspecified atom stereocenters. The summed E-state index contributed by atoms with van der Waals surface area (Å²) in [6.45, 7) is 3.85. The van der Waals surface area contributed by atoms with E-state index in [4.69, 9.17) is 16.3 Å². The van der Waals surface area contributed by atoms with Gasteiger partial charge in [0.05, 0.1) is 29.3 Å². The van der Waals surface area contributed by atoms with Crippen LogP contribution in [0.15, 0.2) is 52.4 Å². The zero-order valence-electron chi connectivity index (χ0n) is 15.2. The molecule has 0 atom stereocenters. The van der Waals surface area contributed by atoms with E-state index >= 15 is 0 Å². The fourth-order valence-corrected chi connectivity index (χ4v) is 5.02. The molecule has 0 radical (unpaired) electrons. The molecule has 0 amide bonds. The van der Waals surface area contributed by atoms with E-state index in [9.17, 15) is 12.8 Å². The fourth-order valence-electron chi connectivity index (χ4n) is 3.31. The number of aryl methyl sites for hydroxylation is 1. The molecule has 28 heavy (non-hydrogen) atoms. The fraction of sp³-hybridized carbons (Fsp3) is 0.250. The molecule has 1 saturated heterocycles. The molecule has 2 aromatic carbocycles. The summed E-state index contributed by atoms with van der Waals surface area (Å²) in [7, 11) is -3.88. The Kier molecular flexibility index (Phi) is 4.99. The highest BCUT2D eigenvalue weighted by molar-refractivity contribution is 7.91. The monoisotopic (exact) mass is 420 g/mol. The van der Waals surface area contributed by atoms with Crippen LogP contribution in [-0.2, 0) is 14.6 Å². The summed E-state index contributed by atoms with van der Waals surface area (Å²) in [6, 6.07) is 8.85. The molecule has 1 fully saturated rings. The lowest BCUT2D eigenvalue weighted by Crippen LogP contribution is -2.37. The topological polar surface area (TPSA) is 59.5 Å². The quantitative estimate of drug-likeness (QED) is 0.640. The van der Waals surface area contributed by atoms with Gasteiger partial charge in [0.15, 0.2) is 0 Å². The molecule has 1 aromatic heterocycles. The van der Waals surface area contributed by atoms with Crippen LogP contribution in [-0.4, -0.2) is 39.7 Å². The van der Waals surface area contributed by atoms with Crippen LogP contribution in [0, 0.1) is 12.7 Å². The maximum absolute atomic E-state index is 13.7. The van der Waals surface area contributed by atoms with Gasteiger partial charge in [0.1, 0.15) is 10.7 Å². The van der Waals surface area contributed by atoms with E-state index in [2.05, 4.69) is 4.98 Å². The number of rotatable bonds is 3. The molecule has 0 spiro atoms. The van der Waals surface area contributed by atoms with Gasteiger partial charge in [0.25, 0.3) is 0 Å². The minimum atomic E-state index is -3.88. The standard InChI is InChI=1S/C20H18ClFN2O3S/c1-13-2-4-15(11-17(13)21)28(25,26)19-12-23-18-10-14(22)3-5-16(18)20(19)24-6-8-27-9-7-24/h2-5,10-12H,6-9H2,1H3. The number of fused-ring (bicyclic) bond motifs is 1. The lowest BCUT2D eigenvalue weighted by atomic mass is 10.1. The van der Waals surface area contributed by atoms with Crippen molar-refractivity contribution in [2.24, 2.45) is 0 Å². The van der Waals surface area contributed by atoms with Gasteiger partial charge in [-0.1, -0.05) is 17.7 Å². The van der Waals surface area contributed by atoms with Crippen molar-refractivity contribution in [1.29, 1.82) is 0 Å². The molecule has 0 bridgehead atoms. The third-order valence-corrected chi connectivity index (χ3v) is 7.00. The van der Waals surface area contributed by atoms with Crippen molar-refractivity contribution in [1.82, 2.24) is 4.98 Å². The Hall–Kier alpha value is -2.22. The SMILES string of the molecule is Cc1ccc(S(=O)(=O)c2cnc3cc(F)ccc3c2N2CCOCC2)cc1Cl. The van der Waals surface area contributed by atoms with E-state index in [-0.39, 0.29) is 9.79 Å². The van der Waals surface area contributed by atoms with Gasteiger partial charge in [-0.15, -0.1) is 0 Å². The Morgan fingerprint density at radius 2 is 1.89 bits per heavy atom. The molecule has 8 heteroatoms. The van der Waals surface area contributed by atoms with Gasteiger partial charge in [-0.05, 0) is 36.8 Å². The summed E-state index contributed by atoms with van der Waals surface area (Å²) in [5.41, 5.74) is 1.72. The van der Waals surface area contributed by atoms with Crippen molar-refractivity contribution in [3.05, 3.63) is 59.0 Å². The number of nitrogens with zero attached hydrogens (tertiary/aromatic N) is 2. The number of hydrogen-bond acceptors (Lipinski definition) is 5. The molecule has 3 aromatic rings. The second-order valence-electron chi connectivity index (χ2n) is 6.65. The number of hydrogen-bond donors (Lipinski definition) is 0. The van der Waals surface area contributed by atoms with Crippen molar-refractivity contribution in [2.45, 2.75) is 16.7 Å². The number of pyridine rings is 1. The first-order valence-electron chi connectivity index (χ1n) is 8.80. The second kappa shape index (κ2) is 7.31. The number of morpholine rings is 1. The second-order valence-corrected chi connectivity index (χ2v) is 8.97. The van der Waals surface area contributed by atoms with E-state index < -0.39 is 15.7 Å². The largest absolute Gasteiger partial charge is 0.378 e. The molecule has 0 N–H and O–H groups in total. The van der Waals surface area contributed by atoms with E-state index in [1.807, 2.05) is 11.8 Å². The molecule has 4 rings (SSSR count). The lowest BCUT2D eigenvalue weighted by Gasteiger charge is -2.31. The Labute approximate surface area is 167 Å². The van der Waals surface area contributed by atoms with Crippen LogP contribution in [0.2, 0.25) is 5.02 Å². The van der Waals surface area contributed by atoms with Crippen LogP contribution >= 0.6 is 11.6 Å². The van der Waals surface area contributed by atoms with Crippen molar-refractivity contribution < 1.29 is 17.5 Å². The molecule has 0 aliphatic carbocycles. The van der Waals surface area contributed by atoms with Crippen molar-refractivity contribution in [2.75, 3.05) is 31.2 Å². The zero-order valence-corrected chi connectivity index (χ0v) is 16.7. The van der Waals surface area contributed by atoms with Crippen LogP contribution in [0.4, 0.5) is 10.1 Å². The van der Waals surface area contributed by atoms with Crippen molar-refractivity contribution >= 4 is 38.0 Å². The Morgan fingerprint density at radius 1 is 1.14 bits per heavy atom. The van der Waals surface area contributed by atoms with Crippen LogP contribution in [0.1, 0.15) is 5.56 Å². The summed E-state index contributed by atoms with van der Waals surface area (Å²) in [5.74, 6) is -0.422. The molecule has 5 nitrogen and oxygen atoms in total. The highest BCUT2D eigenvalue weighted by atomic mass is 35.5. The number of ether oxygens (including phenoxy) is 1. The summed E-state index contributed by atoms with van der Waals surface area (Å²) >= 11 is 6.16. The first kappa shape index (κ1) is 19.1. The van der Waals surface area contributed by atoms with E-state index in [1.165, 1.54) is 30.5 Å². The summed E-state index contributed by atoms with van der Waals surface area (Å²) in [4.78, 5) is 6.35. The van der Waals surface area contributed by atoms with Crippen molar-refractivity contribution in [3.8, 4) is 0 Å². The van der Waals surface area contributed by atoms with Gasteiger partial charge in [-0.3, -0.25) is 4.98 Å². The molecule has 1 aliphatic heterocycles. The van der Waals surface area contributed by atoms with Gasteiger partial charge < -0.3 is 9.64 Å². The van der Waals surface area contributed by atoms with Crippen LogP contribution < -0.4 is 4.90 Å². The number of benzene rings is 2. The molecule has 2 heterocycles. The van der Waals surface area contributed by atoms with Gasteiger partial charge >= 0.3 is 0 Å². The van der Waals surface area contributed by atoms with Crippen molar-refractivity contribution in [3.63, 3.8) is 0 Å². The summed E-state index contributed by atoms with van der Waals surface area (Å²) in [5, 5.41) is 0.965. The minimum Gasteiger partial charge on any atom is -0.378 e. The van der Waals surface area contributed by atoms with Gasteiger partial charge in [-0.2, -0.15) is 0 Å². The predicted molar refractivity (Wildman–Crippen MR) is 106 cm³/mol. The Balaban J connectivity index is 1.97. The van der Waals surface area contributed by atoms with Crippen LogP contribution in [0.25, 0.3) is 10.9 Å². The lowest BCUT2D eigenvalue weighted by molar-refractivity contribution is 0.122. The number of aromatic nitrogens is 1. The maximum Gasteiger partial charge on any atom is 0.210 e. The zero-order chi connectivity index (χ0) is 19.9. The molecule has 146 valence electrons. The summed E-state index contributed by atoms with van der Waals surface area (Å²) in [6.07, 6.45) is 1.30. The average molecular weight is 421 g/mol. The maximum atomic E-state index is 13.7. The van der Waals surface area contributed by atoms with Crippen LogP contribution in [0.3, 0.4) is 0 Å². The highest BCUT2D eigenvalue weighted by Crippen LogP contribution is 2.37. The molecular weight excluding hydrogens is 403 g/mol. The minimum absolute atomic E-state index is 0.0772. The first-order valence-corrected chi connectivity index (χ1v) is 10.7.